The van der Waals surface area contributed by atoms with Crippen molar-refractivity contribution in [2.75, 3.05) is 33.3 Å². The summed E-state index contributed by atoms with van der Waals surface area (Å²) in [6.07, 6.45) is 0. The monoisotopic (exact) mass is 457 g/mol. The van der Waals surface area contributed by atoms with Crippen LogP contribution in [0.1, 0.15) is 26.3 Å². The molecule has 0 aliphatic carbocycles. The summed E-state index contributed by atoms with van der Waals surface area (Å²) < 4.78 is 5.15. The number of carbonyl (C=O) groups excluding carboxylic acids is 2. The lowest BCUT2D eigenvalue weighted by Crippen LogP contribution is -2.50. The quantitative estimate of drug-likeness (QED) is 0.571. The summed E-state index contributed by atoms with van der Waals surface area (Å²) >= 11 is 1.42. The highest BCUT2D eigenvalue weighted by Gasteiger charge is 2.27. The number of rotatable bonds is 5. The molecular formula is C26H23N3O3S. The Morgan fingerprint density at radius 2 is 1.39 bits per heavy atom. The molecule has 7 heteroatoms. The second-order valence-corrected chi connectivity index (χ2v) is 8.60. The number of methoxy groups -OCH3 is 1. The van der Waals surface area contributed by atoms with Gasteiger partial charge < -0.3 is 14.5 Å². The lowest BCUT2D eigenvalue weighted by molar-refractivity contribution is 0.0533. The normalized spacial score (nSPS) is 13.3. The van der Waals surface area contributed by atoms with Crippen LogP contribution in [0.3, 0.4) is 0 Å². The van der Waals surface area contributed by atoms with Crippen molar-refractivity contribution in [3.05, 3.63) is 89.5 Å². The van der Waals surface area contributed by atoms with E-state index in [0.717, 1.165) is 9.79 Å². The maximum atomic E-state index is 13.3. The van der Waals surface area contributed by atoms with Gasteiger partial charge in [0.15, 0.2) is 0 Å². The maximum absolute atomic E-state index is 13.3. The number of carbonyl (C=O) groups is 2. The van der Waals surface area contributed by atoms with Crippen molar-refractivity contribution in [3.8, 4) is 11.8 Å². The van der Waals surface area contributed by atoms with Crippen LogP contribution >= 0.6 is 11.8 Å². The summed E-state index contributed by atoms with van der Waals surface area (Å²) in [5.74, 6) is 0.591. The fraction of sp³-hybridized carbons (Fsp3) is 0.192. The summed E-state index contributed by atoms with van der Waals surface area (Å²) in [4.78, 5) is 31.3. The number of ether oxygens (including phenoxy) is 1. The highest BCUT2D eigenvalue weighted by Crippen LogP contribution is 2.33. The zero-order valence-electron chi connectivity index (χ0n) is 18.2. The minimum Gasteiger partial charge on any atom is -0.497 e. The Hall–Kier alpha value is -3.76. The van der Waals surface area contributed by atoms with Gasteiger partial charge in [0, 0.05) is 41.5 Å². The minimum atomic E-state index is -0.0657. The third-order valence-corrected chi connectivity index (χ3v) is 6.69. The molecule has 6 nitrogen and oxygen atoms in total. The Labute approximate surface area is 197 Å². The minimum absolute atomic E-state index is 0.0474. The van der Waals surface area contributed by atoms with E-state index in [1.807, 2.05) is 42.5 Å². The van der Waals surface area contributed by atoms with Crippen LogP contribution < -0.4 is 4.74 Å². The molecule has 0 spiro atoms. The van der Waals surface area contributed by atoms with Gasteiger partial charge in [-0.05, 0) is 48.5 Å². The zero-order chi connectivity index (χ0) is 23.2. The van der Waals surface area contributed by atoms with E-state index in [4.69, 9.17) is 4.74 Å². The summed E-state index contributed by atoms with van der Waals surface area (Å²) in [6, 6.07) is 24.1. The number of nitrogens with zero attached hydrogens (tertiary/aromatic N) is 3. The first-order chi connectivity index (χ1) is 16.1. The number of nitriles is 1. The van der Waals surface area contributed by atoms with Crippen LogP contribution in [0.4, 0.5) is 0 Å². The molecule has 0 saturated carbocycles. The summed E-state index contributed by atoms with van der Waals surface area (Å²) in [5.41, 5.74) is 1.79. The van der Waals surface area contributed by atoms with Crippen LogP contribution in [0.2, 0.25) is 0 Å². The lowest BCUT2D eigenvalue weighted by atomic mass is 10.1. The number of hydrogen-bond donors (Lipinski definition) is 0. The van der Waals surface area contributed by atoms with Gasteiger partial charge in [-0.15, -0.1) is 0 Å². The standard InChI is InChI=1S/C26H23N3O3S/c1-32-21-12-10-19(11-13-21)25(30)28-14-16-29(17-15-28)26(31)22-7-3-5-9-24(22)33-23-8-4-2-6-20(23)18-27/h2-13H,14-17H2,1H3. The van der Waals surface area contributed by atoms with Gasteiger partial charge in [-0.3, -0.25) is 9.59 Å². The van der Waals surface area contributed by atoms with Crippen LogP contribution in [0.15, 0.2) is 82.6 Å². The molecule has 33 heavy (non-hydrogen) atoms. The van der Waals surface area contributed by atoms with Crippen molar-refractivity contribution in [2.24, 2.45) is 0 Å². The van der Waals surface area contributed by atoms with Crippen molar-refractivity contribution in [1.82, 2.24) is 9.80 Å². The molecule has 0 bridgehead atoms. The van der Waals surface area contributed by atoms with E-state index in [2.05, 4.69) is 6.07 Å². The van der Waals surface area contributed by atoms with Crippen molar-refractivity contribution in [3.63, 3.8) is 0 Å². The van der Waals surface area contributed by atoms with Gasteiger partial charge in [-0.2, -0.15) is 5.26 Å². The van der Waals surface area contributed by atoms with Crippen LogP contribution in [0, 0.1) is 11.3 Å². The Morgan fingerprint density at radius 1 is 0.818 bits per heavy atom. The third kappa shape index (κ3) is 5.02. The topological polar surface area (TPSA) is 73.6 Å². The fourth-order valence-electron chi connectivity index (χ4n) is 3.70. The lowest BCUT2D eigenvalue weighted by Gasteiger charge is -2.35. The van der Waals surface area contributed by atoms with Gasteiger partial charge in [-0.1, -0.05) is 36.0 Å². The van der Waals surface area contributed by atoms with E-state index in [9.17, 15) is 14.9 Å². The van der Waals surface area contributed by atoms with Crippen molar-refractivity contribution in [1.29, 1.82) is 5.26 Å². The molecule has 0 unspecified atom stereocenters. The van der Waals surface area contributed by atoms with Gasteiger partial charge in [-0.25, -0.2) is 0 Å². The van der Waals surface area contributed by atoms with Crippen LogP contribution in [0.5, 0.6) is 5.75 Å². The largest absolute Gasteiger partial charge is 0.497 e. The first kappa shape index (κ1) is 22.4. The molecule has 2 amide bonds. The molecule has 1 aliphatic heterocycles. The highest BCUT2D eigenvalue weighted by atomic mass is 32.2. The van der Waals surface area contributed by atoms with E-state index >= 15 is 0 Å². The first-order valence-electron chi connectivity index (χ1n) is 10.6. The third-order valence-electron chi connectivity index (χ3n) is 5.54. The molecule has 4 rings (SSSR count). The molecule has 3 aromatic carbocycles. The molecule has 1 aliphatic rings. The molecule has 1 fully saturated rings. The SMILES string of the molecule is COc1ccc(C(=O)N2CCN(C(=O)c3ccccc3Sc3ccccc3C#N)CC2)cc1. The van der Waals surface area contributed by atoms with E-state index in [-0.39, 0.29) is 11.8 Å². The van der Waals surface area contributed by atoms with E-state index in [1.54, 1.807) is 47.2 Å². The molecule has 0 atom stereocenters. The van der Waals surface area contributed by atoms with Crippen LogP contribution in [-0.2, 0) is 0 Å². The Bertz CT molecular complexity index is 1200. The van der Waals surface area contributed by atoms with Gasteiger partial charge in [0.1, 0.15) is 11.8 Å². The summed E-state index contributed by atoms with van der Waals surface area (Å²) in [5, 5.41) is 9.38. The van der Waals surface area contributed by atoms with E-state index in [0.29, 0.717) is 48.6 Å². The van der Waals surface area contributed by atoms with Crippen molar-refractivity contribution >= 4 is 23.6 Å². The molecule has 166 valence electrons. The van der Waals surface area contributed by atoms with Gasteiger partial charge in [0.2, 0.25) is 0 Å². The average molecular weight is 458 g/mol. The predicted octanol–water partition coefficient (Wildman–Crippen LogP) is 4.32. The number of piperazine rings is 1. The molecule has 0 aromatic heterocycles. The van der Waals surface area contributed by atoms with Crippen LogP contribution in [-0.4, -0.2) is 54.9 Å². The second kappa shape index (κ2) is 10.2. The van der Waals surface area contributed by atoms with Gasteiger partial charge >= 0.3 is 0 Å². The van der Waals surface area contributed by atoms with E-state index < -0.39 is 0 Å². The molecule has 1 saturated heterocycles. The average Bonchev–Trinajstić information content (AvgIpc) is 2.88. The second-order valence-electron chi connectivity index (χ2n) is 7.52. The first-order valence-corrected chi connectivity index (χ1v) is 11.4. The Kier molecular flexibility index (Phi) is 6.96. The molecule has 3 aromatic rings. The van der Waals surface area contributed by atoms with Gasteiger partial charge in [0.25, 0.3) is 11.8 Å². The summed E-state index contributed by atoms with van der Waals surface area (Å²) in [7, 11) is 1.59. The molecule has 0 N–H and O–H groups in total. The molecule has 1 heterocycles. The summed E-state index contributed by atoms with van der Waals surface area (Å²) in [6.45, 7) is 1.88. The van der Waals surface area contributed by atoms with Crippen molar-refractivity contribution < 1.29 is 14.3 Å². The maximum Gasteiger partial charge on any atom is 0.255 e. The number of hydrogen-bond acceptors (Lipinski definition) is 5. The Morgan fingerprint density at radius 3 is 2.03 bits per heavy atom. The van der Waals surface area contributed by atoms with Crippen molar-refractivity contribution in [2.45, 2.75) is 9.79 Å². The molecular weight excluding hydrogens is 434 g/mol. The van der Waals surface area contributed by atoms with Gasteiger partial charge in [0.05, 0.1) is 18.2 Å². The number of benzene rings is 3. The Balaban J connectivity index is 1.44. The number of amides is 2. The van der Waals surface area contributed by atoms with E-state index in [1.165, 1.54) is 11.8 Å². The fourth-order valence-corrected chi connectivity index (χ4v) is 4.72. The molecule has 0 radical (unpaired) electrons. The zero-order valence-corrected chi connectivity index (χ0v) is 19.0. The smallest absolute Gasteiger partial charge is 0.255 e. The van der Waals surface area contributed by atoms with Crippen LogP contribution in [0.25, 0.3) is 0 Å². The predicted molar refractivity (Wildman–Crippen MR) is 127 cm³/mol. The highest BCUT2D eigenvalue weighted by molar-refractivity contribution is 7.99.